The second-order valence-electron chi connectivity index (χ2n) is 3.91. The lowest BCUT2D eigenvalue weighted by molar-refractivity contribution is 0.445. The minimum absolute atomic E-state index is 0. The van der Waals surface area contributed by atoms with Crippen molar-refractivity contribution in [3.05, 3.63) is 28.8 Å². The van der Waals surface area contributed by atoms with Gasteiger partial charge in [0, 0.05) is 11.6 Å². The largest absolute Gasteiger partial charge is 0.506 e. The molecule has 0 saturated heterocycles. The van der Waals surface area contributed by atoms with Crippen molar-refractivity contribution in [2.75, 3.05) is 0 Å². The van der Waals surface area contributed by atoms with Crippen LogP contribution < -0.4 is 5.73 Å². The van der Waals surface area contributed by atoms with Crippen LogP contribution in [0.2, 0.25) is 5.02 Å². The van der Waals surface area contributed by atoms with Crippen molar-refractivity contribution >= 4 is 24.0 Å². The third-order valence-electron chi connectivity index (χ3n) is 2.14. The maximum absolute atomic E-state index is 9.67. The molecule has 1 atom stereocenters. The summed E-state index contributed by atoms with van der Waals surface area (Å²) in [4.78, 5) is 0. The van der Waals surface area contributed by atoms with Crippen LogP contribution in [0.3, 0.4) is 0 Å². The molecule has 1 aromatic carbocycles. The minimum atomic E-state index is -0.145. The van der Waals surface area contributed by atoms with Gasteiger partial charge in [0.15, 0.2) is 0 Å². The number of halogens is 2. The molecule has 86 valence electrons. The van der Waals surface area contributed by atoms with Crippen LogP contribution in [0.5, 0.6) is 5.75 Å². The molecule has 3 N–H and O–H groups in total. The Balaban J connectivity index is 0.00000196. The van der Waals surface area contributed by atoms with E-state index in [1.165, 1.54) is 0 Å². The van der Waals surface area contributed by atoms with Gasteiger partial charge in [-0.05, 0) is 18.4 Å². The predicted molar refractivity (Wildman–Crippen MR) is 66.7 cm³/mol. The van der Waals surface area contributed by atoms with Crippen molar-refractivity contribution in [1.82, 2.24) is 0 Å². The van der Waals surface area contributed by atoms with Crippen LogP contribution in [-0.4, -0.2) is 5.11 Å². The first kappa shape index (κ1) is 14.6. The van der Waals surface area contributed by atoms with E-state index in [1.54, 1.807) is 12.1 Å². The van der Waals surface area contributed by atoms with Crippen LogP contribution >= 0.6 is 24.0 Å². The summed E-state index contributed by atoms with van der Waals surface area (Å²) in [6.45, 7) is 4.20. The zero-order valence-corrected chi connectivity index (χ0v) is 10.5. The molecular weight excluding hydrogens is 233 g/mol. The van der Waals surface area contributed by atoms with Crippen molar-refractivity contribution < 1.29 is 5.11 Å². The first-order valence-electron chi connectivity index (χ1n) is 4.75. The Hall–Kier alpha value is -0.440. The number of aromatic hydroxyl groups is 1. The van der Waals surface area contributed by atoms with Crippen LogP contribution in [-0.2, 0) is 0 Å². The fourth-order valence-corrected chi connectivity index (χ4v) is 1.65. The highest BCUT2D eigenvalue weighted by Gasteiger charge is 2.13. The zero-order chi connectivity index (χ0) is 10.7. The van der Waals surface area contributed by atoms with Gasteiger partial charge in [-0.2, -0.15) is 0 Å². The molecule has 0 aromatic heterocycles. The second-order valence-corrected chi connectivity index (χ2v) is 4.32. The zero-order valence-electron chi connectivity index (χ0n) is 8.90. The van der Waals surface area contributed by atoms with Gasteiger partial charge in [-0.3, -0.25) is 0 Å². The maximum Gasteiger partial charge on any atom is 0.138 e. The summed E-state index contributed by atoms with van der Waals surface area (Å²) in [6, 6.07) is 5.13. The van der Waals surface area contributed by atoms with Crippen LogP contribution in [0.1, 0.15) is 31.9 Å². The Morgan fingerprint density at radius 3 is 2.53 bits per heavy atom. The Kier molecular flexibility index (Phi) is 6.03. The van der Waals surface area contributed by atoms with E-state index in [2.05, 4.69) is 13.8 Å². The number of benzene rings is 1. The minimum Gasteiger partial charge on any atom is -0.506 e. The van der Waals surface area contributed by atoms with Crippen molar-refractivity contribution in [3.63, 3.8) is 0 Å². The first-order valence-corrected chi connectivity index (χ1v) is 5.13. The number of hydrogen-bond acceptors (Lipinski definition) is 2. The van der Waals surface area contributed by atoms with Crippen molar-refractivity contribution in [3.8, 4) is 5.75 Å². The molecule has 4 heteroatoms. The molecule has 0 aliphatic carbocycles. The molecule has 1 rings (SSSR count). The topological polar surface area (TPSA) is 46.2 Å². The number of hydrogen-bond donors (Lipinski definition) is 2. The van der Waals surface area contributed by atoms with Gasteiger partial charge < -0.3 is 10.8 Å². The van der Waals surface area contributed by atoms with Gasteiger partial charge in [-0.25, -0.2) is 0 Å². The van der Waals surface area contributed by atoms with E-state index in [1.807, 2.05) is 6.07 Å². The average Bonchev–Trinajstić information content (AvgIpc) is 2.08. The predicted octanol–water partition coefficient (Wildman–Crippen LogP) is 3.51. The summed E-state index contributed by atoms with van der Waals surface area (Å²) in [7, 11) is 0. The monoisotopic (exact) mass is 249 g/mol. The highest BCUT2D eigenvalue weighted by molar-refractivity contribution is 6.32. The molecule has 15 heavy (non-hydrogen) atoms. The maximum atomic E-state index is 9.67. The molecule has 0 heterocycles. The molecule has 0 aliphatic rings. The van der Waals surface area contributed by atoms with Crippen LogP contribution in [0, 0.1) is 5.92 Å². The summed E-state index contributed by atoms with van der Waals surface area (Å²) in [5, 5.41) is 10.0. The third kappa shape index (κ3) is 3.90. The number of phenols is 1. The van der Waals surface area contributed by atoms with E-state index in [0.29, 0.717) is 10.9 Å². The van der Waals surface area contributed by atoms with Crippen molar-refractivity contribution in [2.24, 2.45) is 11.7 Å². The molecule has 0 amide bonds. The van der Waals surface area contributed by atoms with Crippen molar-refractivity contribution in [1.29, 1.82) is 0 Å². The molecule has 0 aliphatic heterocycles. The highest BCUT2D eigenvalue weighted by Crippen LogP contribution is 2.32. The van der Waals surface area contributed by atoms with Crippen molar-refractivity contribution in [2.45, 2.75) is 26.3 Å². The van der Waals surface area contributed by atoms with E-state index in [4.69, 9.17) is 17.3 Å². The Morgan fingerprint density at radius 1 is 1.40 bits per heavy atom. The van der Waals surface area contributed by atoms with E-state index in [-0.39, 0.29) is 24.2 Å². The highest BCUT2D eigenvalue weighted by atomic mass is 35.5. The summed E-state index contributed by atoms with van der Waals surface area (Å²) in [5.74, 6) is 0.616. The van der Waals surface area contributed by atoms with Gasteiger partial charge in [0.25, 0.3) is 0 Å². The van der Waals surface area contributed by atoms with E-state index in [0.717, 1.165) is 12.0 Å². The standard InChI is InChI=1S/C11H16ClNO.ClH/c1-7(2)6-10(13)8-4-3-5-9(12)11(8)14;/h3-5,7,10,14H,6,13H2,1-2H3;1H/t10-;/m0./s1. The quantitative estimate of drug-likeness (QED) is 0.862. The normalized spacial score (nSPS) is 12.3. The molecule has 0 bridgehead atoms. The van der Waals surface area contributed by atoms with Crippen LogP contribution in [0.15, 0.2) is 18.2 Å². The van der Waals surface area contributed by atoms with Gasteiger partial charge in [0.1, 0.15) is 5.75 Å². The second kappa shape index (κ2) is 6.21. The number of phenolic OH excluding ortho intramolecular Hbond substituents is 1. The van der Waals surface area contributed by atoms with Crippen LogP contribution in [0.4, 0.5) is 0 Å². The lowest BCUT2D eigenvalue weighted by Crippen LogP contribution is -2.13. The van der Waals surface area contributed by atoms with E-state index < -0.39 is 0 Å². The Bertz CT molecular complexity index is 315. The van der Waals surface area contributed by atoms with Gasteiger partial charge in [0.05, 0.1) is 5.02 Å². The molecule has 0 spiro atoms. The Morgan fingerprint density at radius 2 is 2.00 bits per heavy atom. The van der Waals surface area contributed by atoms with Gasteiger partial charge >= 0.3 is 0 Å². The smallest absolute Gasteiger partial charge is 0.138 e. The molecule has 0 radical (unpaired) electrons. The van der Waals surface area contributed by atoms with E-state index in [9.17, 15) is 5.11 Å². The number of nitrogens with two attached hydrogens (primary N) is 1. The molecular formula is C11H17Cl2NO. The average molecular weight is 250 g/mol. The molecule has 2 nitrogen and oxygen atoms in total. The van der Waals surface area contributed by atoms with Gasteiger partial charge in [0.2, 0.25) is 0 Å². The molecule has 0 saturated carbocycles. The summed E-state index contributed by atoms with van der Waals surface area (Å²) in [6.07, 6.45) is 0.841. The number of rotatable bonds is 3. The molecule has 0 fully saturated rings. The molecule has 1 aromatic rings. The first-order chi connectivity index (χ1) is 6.52. The van der Waals surface area contributed by atoms with Gasteiger partial charge in [-0.1, -0.05) is 37.6 Å². The molecule has 0 unspecified atom stereocenters. The fourth-order valence-electron chi connectivity index (χ4n) is 1.47. The summed E-state index contributed by atoms with van der Waals surface area (Å²) in [5.41, 5.74) is 6.67. The van der Waals surface area contributed by atoms with E-state index >= 15 is 0 Å². The lowest BCUT2D eigenvalue weighted by atomic mass is 9.97. The summed E-state index contributed by atoms with van der Waals surface area (Å²) >= 11 is 5.79. The van der Waals surface area contributed by atoms with Crippen LogP contribution in [0.25, 0.3) is 0 Å². The van der Waals surface area contributed by atoms with Gasteiger partial charge in [-0.15, -0.1) is 12.4 Å². The fraction of sp³-hybridized carbons (Fsp3) is 0.455. The third-order valence-corrected chi connectivity index (χ3v) is 2.45. The number of para-hydroxylation sites is 1. The lowest BCUT2D eigenvalue weighted by Gasteiger charge is -2.16. The SMILES string of the molecule is CC(C)C[C@H](N)c1cccc(Cl)c1O.Cl. The summed E-state index contributed by atoms with van der Waals surface area (Å²) < 4.78 is 0. The Labute approximate surface area is 102 Å².